The number of carbonyl (C=O) groups excluding carboxylic acids is 1. The summed E-state index contributed by atoms with van der Waals surface area (Å²) in [6.45, 7) is 3.88. The fourth-order valence-corrected chi connectivity index (χ4v) is 4.45. The molecule has 0 radical (unpaired) electrons. The van der Waals surface area contributed by atoms with Crippen molar-refractivity contribution in [3.05, 3.63) is 66.5 Å². The predicted octanol–water partition coefficient (Wildman–Crippen LogP) is 4.81. The molecule has 3 N–H and O–H groups in total. The third-order valence-corrected chi connectivity index (χ3v) is 6.25. The van der Waals surface area contributed by atoms with E-state index >= 15 is 0 Å². The van der Waals surface area contributed by atoms with Gasteiger partial charge in [-0.25, -0.2) is 15.0 Å². The summed E-state index contributed by atoms with van der Waals surface area (Å²) in [4.78, 5) is 25.7. The Balaban J connectivity index is 1.48. The van der Waals surface area contributed by atoms with Crippen LogP contribution in [0, 0.1) is 18.3 Å². The van der Waals surface area contributed by atoms with Gasteiger partial charge in [0.15, 0.2) is 0 Å². The Labute approximate surface area is 214 Å². The second-order valence-electron chi connectivity index (χ2n) is 8.91. The number of amides is 1. The van der Waals surface area contributed by atoms with E-state index in [-0.39, 0.29) is 18.4 Å². The molecular weight excluding hydrogens is 466 g/mol. The Hall–Kier alpha value is -4.55. The maximum atomic E-state index is 12.1. The van der Waals surface area contributed by atoms with Gasteiger partial charge < -0.3 is 20.7 Å². The van der Waals surface area contributed by atoms with Crippen molar-refractivity contribution in [2.75, 3.05) is 23.7 Å². The van der Waals surface area contributed by atoms with Gasteiger partial charge in [0.2, 0.25) is 17.7 Å². The van der Waals surface area contributed by atoms with Gasteiger partial charge in [-0.3, -0.25) is 4.79 Å². The number of nitrogens with one attached hydrogen (secondary N) is 3. The molecule has 1 amide bonds. The number of carbonyl (C=O) groups is 1. The third-order valence-electron chi connectivity index (χ3n) is 6.25. The molecule has 1 aliphatic rings. The van der Waals surface area contributed by atoms with Gasteiger partial charge in [-0.05, 0) is 56.1 Å². The molecule has 0 saturated carbocycles. The number of hydrogen-bond donors (Lipinski definition) is 3. The number of piperidine rings is 1. The van der Waals surface area contributed by atoms with Crippen LogP contribution >= 0.6 is 0 Å². The van der Waals surface area contributed by atoms with E-state index in [1.54, 1.807) is 18.5 Å². The van der Waals surface area contributed by atoms with Crippen molar-refractivity contribution < 1.29 is 9.53 Å². The largest absolute Gasteiger partial charge is 0.437 e. The summed E-state index contributed by atoms with van der Waals surface area (Å²) in [7, 11) is 0. The van der Waals surface area contributed by atoms with Crippen LogP contribution in [0.2, 0.25) is 0 Å². The van der Waals surface area contributed by atoms with E-state index in [0.717, 1.165) is 47.8 Å². The number of rotatable bonds is 7. The van der Waals surface area contributed by atoms with E-state index in [2.05, 4.69) is 25.9 Å². The Kier molecular flexibility index (Phi) is 7.19. The molecule has 0 spiro atoms. The lowest BCUT2D eigenvalue weighted by molar-refractivity contribution is -0.115. The van der Waals surface area contributed by atoms with Crippen LogP contribution in [0.5, 0.6) is 11.6 Å². The van der Waals surface area contributed by atoms with Gasteiger partial charge in [0, 0.05) is 41.4 Å². The molecular formula is C28H27N7O2. The van der Waals surface area contributed by atoms with Crippen LogP contribution in [-0.4, -0.2) is 40.0 Å². The Bertz CT molecular complexity index is 1480. The van der Waals surface area contributed by atoms with E-state index in [9.17, 15) is 4.79 Å². The van der Waals surface area contributed by atoms with Gasteiger partial charge in [0.1, 0.15) is 12.2 Å². The molecule has 5 rings (SSSR count). The highest BCUT2D eigenvalue weighted by molar-refractivity contribution is 6.04. The number of hydrogen-bond acceptors (Lipinski definition) is 8. The van der Waals surface area contributed by atoms with E-state index in [1.165, 1.54) is 0 Å². The average molecular weight is 494 g/mol. The summed E-state index contributed by atoms with van der Waals surface area (Å²) in [5.41, 5.74) is 2.98. The minimum atomic E-state index is -0.359. The van der Waals surface area contributed by atoms with Crippen LogP contribution in [0.15, 0.2) is 60.9 Å². The first-order valence-electron chi connectivity index (χ1n) is 12.2. The molecule has 0 unspecified atom stereocenters. The van der Waals surface area contributed by atoms with Gasteiger partial charge >= 0.3 is 0 Å². The summed E-state index contributed by atoms with van der Waals surface area (Å²) in [5.74, 6) is 1.26. The molecule has 9 heteroatoms. The zero-order chi connectivity index (χ0) is 25.6. The Morgan fingerprint density at radius 3 is 2.89 bits per heavy atom. The lowest BCUT2D eigenvalue weighted by Crippen LogP contribution is -2.38. The van der Waals surface area contributed by atoms with Crippen molar-refractivity contribution in [2.45, 2.75) is 32.2 Å². The van der Waals surface area contributed by atoms with Crippen molar-refractivity contribution in [1.29, 1.82) is 5.26 Å². The van der Waals surface area contributed by atoms with Crippen LogP contribution in [0.25, 0.3) is 22.0 Å². The fraction of sp³-hybridized carbons (Fsp3) is 0.250. The molecule has 186 valence electrons. The highest BCUT2D eigenvalue weighted by Crippen LogP contribution is 2.38. The molecule has 2 aromatic heterocycles. The minimum absolute atomic E-state index is 0.212. The lowest BCUT2D eigenvalue weighted by Gasteiger charge is -2.23. The third kappa shape index (κ3) is 5.50. The second kappa shape index (κ2) is 11.0. The predicted molar refractivity (Wildman–Crippen MR) is 142 cm³/mol. The number of fused-ring (bicyclic) bond motifs is 1. The molecule has 3 heterocycles. The Morgan fingerprint density at radius 2 is 2.05 bits per heavy atom. The van der Waals surface area contributed by atoms with Crippen molar-refractivity contribution >= 4 is 28.3 Å². The number of nitriles is 1. The molecule has 1 aliphatic heterocycles. The van der Waals surface area contributed by atoms with Crippen LogP contribution in [0.3, 0.4) is 0 Å². The lowest BCUT2D eigenvalue weighted by atomic mass is 10.0. The number of aromatic nitrogens is 3. The van der Waals surface area contributed by atoms with E-state index in [4.69, 9.17) is 15.0 Å². The number of aryl methyl sites for hydroxylation is 1. The van der Waals surface area contributed by atoms with Gasteiger partial charge in [0.25, 0.3) is 0 Å². The van der Waals surface area contributed by atoms with Crippen molar-refractivity contribution in [3.63, 3.8) is 0 Å². The molecule has 1 fully saturated rings. The molecule has 4 aromatic rings. The zero-order valence-electron chi connectivity index (χ0n) is 20.5. The van der Waals surface area contributed by atoms with Gasteiger partial charge in [-0.15, -0.1) is 0 Å². The number of nitrogens with zero attached hydrogens (tertiary/aromatic N) is 4. The smallest absolute Gasteiger partial charge is 0.238 e. The van der Waals surface area contributed by atoms with Gasteiger partial charge in [-0.2, -0.15) is 5.26 Å². The van der Waals surface area contributed by atoms with Crippen LogP contribution < -0.4 is 20.7 Å². The standard InChI is InChI=1S/C28H27N7O2/c1-18-9-10-20-21(6-2-8-23(20)34-25(36)11-13-29)26(18)37-27-22(7-4-15-31-27)24-12-16-32-28(35-24)33-19-5-3-14-30-17-19/h2,4,6-10,12,15-16,19,30H,3,5,11,14,17H2,1H3,(H,34,36)(H,32,33,35)/t19-/m0/s1. The molecule has 9 nitrogen and oxygen atoms in total. The molecule has 1 saturated heterocycles. The Morgan fingerprint density at radius 1 is 1.14 bits per heavy atom. The molecule has 2 aromatic carbocycles. The number of anilines is 2. The quantitative estimate of drug-likeness (QED) is 0.335. The monoisotopic (exact) mass is 493 g/mol. The SMILES string of the molecule is Cc1ccc2c(NC(=O)CC#N)cccc2c1Oc1ncccc1-c1ccnc(N[C@H]2CCCNC2)n1. The van der Waals surface area contributed by atoms with Crippen molar-refractivity contribution in [2.24, 2.45) is 0 Å². The molecule has 1 atom stereocenters. The number of pyridine rings is 1. The maximum absolute atomic E-state index is 12.1. The first kappa shape index (κ1) is 24.2. The fourth-order valence-electron chi connectivity index (χ4n) is 4.45. The first-order valence-corrected chi connectivity index (χ1v) is 12.2. The summed E-state index contributed by atoms with van der Waals surface area (Å²) in [5, 5.41) is 20.1. The summed E-state index contributed by atoms with van der Waals surface area (Å²) >= 11 is 0. The average Bonchev–Trinajstić information content (AvgIpc) is 2.91. The van der Waals surface area contributed by atoms with Crippen molar-refractivity contribution in [3.8, 4) is 29.0 Å². The highest BCUT2D eigenvalue weighted by atomic mass is 16.5. The van der Waals surface area contributed by atoms with Crippen LogP contribution in [-0.2, 0) is 4.79 Å². The minimum Gasteiger partial charge on any atom is -0.437 e. The molecule has 0 bridgehead atoms. The second-order valence-corrected chi connectivity index (χ2v) is 8.91. The first-order chi connectivity index (χ1) is 18.1. The van der Waals surface area contributed by atoms with Crippen molar-refractivity contribution in [1.82, 2.24) is 20.3 Å². The van der Waals surface area contributed by atoms with E-state index in [1.807, 2.05) is 55.5 Å². The van der Waals surface area contributed by atoms with Crippen LogP contribution in [0.4, 0.5) is 11.6 Å². The van der Waals surface area contributed by atoms with Crippen LogP contribution in [0.1, 0.15) is 24.8 Å². The maximum Gasteiger partial charge on any atom is 0.238 e. The molecule has 37 heavy (non-hydrogen) atoms. The van der Waals surface area contributed by atoms with E-state index in [0.29, 0.717) is 29.0 Å². The summed E-state index contributed by atoms with van der Waals surface area (Å²) in [6, 6.07) is 17.2. The summed E-state index contributed by atoms with van der Waals surface area (Å²) in [6.07, 6.45) is 5.39. The zero-order valence-corrected chi connectivity index (χ0v) is 20.5. The molecule has 0 aliphatic carbocycles. The topological polar surface area (TPSA) is 125 Å². The number of ether oxygens (including phenoxy) is 1. The normalized spacial score (nSPS) is 15.1. The highest BCUT2D eigenvalue weighted by Gasteiger charge is 2.17. The van der Waals surface area contributed by atoms with Gasteiger partial charge in [-0.1, -0.05) is 24.3 Å². The number of benzene rings is 2. The van der Waals surface area contributed by atoms with Gasteiger partial charge in [0.05, 0.1) is 17.3 Å². The van der Waals surface area contributed by atoms with E-state index < -0.39 is 0 Å². The summed E-state index contributed by atoms with van der Waals surface area (Å²) < 4.78 is 6.44.